The number of phenols is 1. The molecule has 5 heteroatoms. The molecule has 0 heterocycles. The van der Waals surface area contributed by atoms with Crippen molar-refractivity contribution in [3.63, 3.8) is 0 Å². The highest BCUT2D eigenvalue weighted by atomic mass is 32.2. The van der Waals surface area contributed by atoms with E-state index in [4.69, 9.17) is 5.11 Å². The number of aliphatic hydroxyl groups excluding tert-OH is 1. The van der Waals surface area contributed by atoms with Crippen molar-refractivity contribution in [2.45, 2.75) is 17.7 Å². The Morgan fingerprint density at radius 2 is 2.00 bits per heavy atom. The second-order valence-corrected chi connectivity index (χ2v) is 5.57. The molecule has 0 radical (unpaired) electrons. The molecule has 1 aromatic rings. The van der Waals surface area contributed by atoms with Crippen LogP contribution in [-0.2, 0) is 9.84 Å². The Balaban J connectivity index is 3.21. The van der Waals surface area contributed by atoms with Crippen molar-refractivity contribution in [2.75, 3.05) is 12.9 Å². The first-order valence-corrected chi connectivity index (χ1v) is 6.39. The van der Waals surface area contributed by atoms with Crippen LogP contribution in [0.15, 0.2) is 23.1 Å². The van der Waals surface area contributed by atoms with Gasteiger partial charge >= 0.3 is 0 Å². The van der Waals surface area contributed by atoms with E-state index in [0.717, 1.165) is 6.26 Å². The normalized spacial score (nSPS) is 13.8. The zero-order valence-corrected chi connectivity index (χ0v) is 9.45. The lowest BCUT2D eigenvalue weighted by Crippen LogP contribution is -2.01. The quantitative estimate of drug-likeness (QED) is 0.808. The Morgan fingerprint density at radius 1 is 1.40 bits per heavy atom. The van der Waals surface area contributed by atoms with E-state index < -0.39 is 9.84 Å². The highest BCUT2D eigenvalue weighted by Crippen LogP contribution is 2.26. The van der Waals surface area contributed by atoms with Gasteiger partial charge in [0.05, 0.1) is 0 Å². The second-order valence-electron chi connectivity index (χ2n) is 3.58. The van der Waals surface area contributed by atoms with E-state index in [0.29, 0.717) is 5.56 Å². The molecule has 0 spiro atoms. The smallest absolute Gasteiger partial charge is 0.179 e. The number of phenolic OH excluding ortho intramolecular Hbond substituents is 1. The zero-order valence-electron chi connectivity index (χ0n) is 8.64. The van der Waals surface area contributed by atoms with Crippen LogP contribution >= 0.6 is 0 Å². The molecule has 0 fully saturated rings. The third-order valence-electron chi connectivity index (χ3n) is 2.23. The van der Waals surface area contributed by atoms with Crippen LogP contribution in [-0.4, -0.2) is 31.5 Å². The molecule has 4 nitrogen and oxygen atoms in total. The lowest BCUT2D eigenvalue weighted by atomic mass is 10.0. The SMILES string of the molecule is CC(CO)c1ccc(S(C)(=O)=O)c(O)c1. The van der Waals surface area contributed by atoms with Crippen molar-refractivity contribution >= 4 is 9.84 Å². The number of benzene rings is 1. The molecular weight excluding hydrogens is 216 g/mol. The standard InChI is InChI=1S/C10H14O4S/c1-7(6-11)8-3-4-10(9(12)5-8)15(2,13)14/h3-5,7,11-12H,6H2,1-2H3. The van der Waals surface area contributed by atoms with Crippen LogP contribution in [0.5, 0.6) is 5.75 Å². The predicted octanol–water partition coefficient (Wildman–Crippen LogP) is 0.891. The van der Waals surface area contributed by atoms with Gasteiger partial charge in [-0.3, -0.25) is 0 Å². The van der Waals surface area contributed by atoms with Gasteiger partial charge in [-0.25, -0.2) is 8.42 Å². The van der Waals surface area contributed by atoms with E-state index in [-0.39, 0.29) is 23.2 Å². The van der Waals surface area contributed by atoms with E-state index in [1.165, 1.54) is 12.1 Å². The Kier molecular flexibility index (Phi) is 3.36. The maximum Gasteiger partial charge on any atom is 0.179 e. The van der Waals surface area contributed by atoms with E-state index in [2.05, 4.69) is 0 Å². The van der Waals surface area contributed by atoms with Gasteiger partial charge < -0.3 is 10.2 Å². The summed E-state index contributed by atoms with van der Waals surface area (Å²) in [5.74, 6) is -0.389. The largest absolute Gasteiger partial charge is 0.507 e. The summed E-state index contributed by atoms with van der Waals surface area (Å²) in [5, 5.41) is 18.4. The molecule has 1 rings (SSSR count). The van der Waals surface area contributed by atoms with E-state index >= 15 is 0 Å². The first-order chi connectivity index (χ1) is 6.86. The summed E-state index contributed by atoms with van der Waals surface area (Å²) in [6.45, 7) is 1.74. The van der Waals surface area contributed by atoms with Crippen LogP contribution < -0.4 is 0 Å². The molecule has 0 bridgehead atoms. The van der Waals surface area contributed by atoms with Crippen molar-refractivity contribution in [1.82, 2.24) is 0 Å². The minimum atomic E-state index is -3.40. The fraction of sp³-hybridized carbons (Fsp3) is 0.400. The maximum atomic E-state index is 11.2. The number of aromatic hydroxyl groups is 1. The van der Waals surface area contributed by atoms with Gasteiger partial charge in [0.1, 0.15) is 10.6 Å². The zero-order chi connectivity index (χ0) is 11.6. The van der Waals surface area contributed by atoms with Crippen LogP contribution in [0, 0.1) is 0 Å². The Hall–Kier alpha value is -1.07. The maximum absolute atomic E-state index is 11.2. The Morgan fingerprint density at radius 3 is 2.40 bits per heavy atom. The third-order valence-corrected chi connectivity index (χ3v) is 3.37. The van der Waals surface area contributed by atoms with Gasteiger partial charge in [0.2, 0.25) is 0 Å². The Bertz CT molecular complexity index is 450. The molecule has 0 aliphatic carbocycles. The highest BCUT2D eigenvalue weighted by Gasteiger charge is 2.14. The average molecular weight is 230 g/mol. The van der Waals surface area contributed by atoms with Crippen LogP contribution in [0.2, 0.25) is 0 Å². The molecule has 0 saturated carbocycles. The molecule has 0 aliphatic heterocycles. The fourth-order valence-corrected chi connectivity index (χ4v) is 2.01. The molecule has 1 unspecified atom stereocenters. The average Bonchev–Trinajstić information content (AvgIpc) is 2.14. The van der Waals surface area contributed by atoms with E-state index in [1.807, 2.05) is 0 Å². The first-order valence-electron chi connectivity index (χ1n) is 4.50. The summed E-state index contributed by atoms with van der Waals surface area (Å²) in [4.78, 5) is -0.0867. The summed E-state index contributed by atoms with van der Waals surface area (Å²) < 4.78 is 22.4. The summed E-state index contributed by atoms with van der Waals surface area (Å²) in [6, 6.07) is 4.32. The van der Waals surface area contributed by atoms with Crippen molar-refractivity contribution in [1.29, 1.82) is 0 Å². The molecule has 0 aliphatic rings. The molecule has 15 heavy (non-hydrogen) atoms. The lowest BCUT2D eigenvalue weighted by molar-refractivity contribution is 0.273. The minimum absolute atomic E-state index is 0.0440. The molecule has 1 atom stereocenters. The van der Waals surface area contributed by atoms with Crippen LogP contribution in [0.4, 0.5) is 0 Å². The van der Waals surface area contributed by atoms with E-state index in [1.54, 1.807) is 13.0 Å². The molecule has 2 N–H and O–H groups in total. The monoisotopic (exact) mass is 230 g/mol. The third kappa shape index (κ3) is 2.70. The first kappa shape index (κ1) is 12.0. The summed E-state index contributed by atoms with van der Waals surface area (Å²) in [5.41, 5.74) is 0.711. The summed E-state index contributed by atoms with van der Waals surface area (Å²) in [6.07, 6.45) is 1.04. The molecule has 0 amide bonds. The van der Waals surface area contributed by atoms with Gasteiger partial charge in [-0.2, -0.15) is 0 Å². The van der Waals surface area contributed by atoms with Crippen molar-refractivity contribution in [3.05, 3.63) is 23.8 Å². The molecule has 84 valence electrons. The number of hydrogen-bond acceptors (Lipinski definition) is 4. The number of rotatable bonds is 3. The molecule has 0 aromatic heterocycles. The van der Waals surface area contributed by atoms with Gasteiger partial charge in [-0.05, 0) is 17.7 Å². The van der Waals surface area contributed by atoms with Crippen LogP contribution in [0.1, 0.15) is 18.4 Å². The van der Waals surface area contributed by atoms with Gasteiger partial charge in [0.25, 0.3) is 0 Å². The van der Waals surface area contributed by atoms with Gasteiger partial charge in [0, 0.05) is 18.8 Å². The van der Waals surface area contributed by atoms with Crippen LogP contribution in [0.3, 0.4) is 0 Å². The highest BCUT2D eigenvalue weighted by molar-refractivity contribution is 7.90. The van der Waals surface area contributed by atoms with Crippen molar-refractivity contribution < 1.29 is 18.6 Å². The summed E-state index contributed by atoms with van der Waals surface area (Å²) in [7, 11) is -3.40. The van der Waals surface area contributed by atoms with Crippen LogP contribution in [0.25, 0.3) is 0 Å². The molecular formula is C10H14O4S. The fourth-order valence-electron chi connectivity index (χ4n) is 1.26. The van der Waals surface area contributed by atoms with E-state index in [9.17, 15) is 13.5 Å². The second kappa shape index (κ2) is 4.20. The Labute approximate surface area is 89.1 Å². The predicted molar refractivity (Wildman–Crippen MR) is 56.7 cm³/mol. The number of aliphatic hydroxyl groups is 1. The molecule has 0 saturated heterocycles. The minimum Gasteiger partial charge on any atom is -0.507 e. The van der Waals surface area contributed by atoms with Crippen molar-refractivity contribution in [3.8, 4) is 5.75 Å². The number of sulfone groups is 1. The lowest BCUT2D eigenvalue weighted by Gasteiger charge is -2.10. The summed E-state index contributed by atoms with van der Waals surface area (Å²) >= 11 is 0. The molecule has 1 aromatic carbocycles. The van der Waals surface area contributed by atoms with Gasteiger partial charge in [-0.1, -0.05) is 13.0 Å². The van der Waals surface area contributed by atoms with Gasteiger partial charge in [-0.15, -0.1) is 0 Å². The van der Waals surface area contributed by atoms with Gasteiger partial charge in [0.15, 0.2) is 9.84 Å². The number of hydrogen-bond donors (Lipinski definition) is 2. The topological polar surface area (TPSA) is 74.6 Å². The van der Waals surface area contributed by atoms with Crippen molar-refractivity contribution in [2.24, 2.45) is 0 Å².